The monoisotopic (exact) mass is 455 g/mol. The van der Waals surface area contributed by atoms with Gasteiger partial charge in [0, 0.05) is 25.9 Å². The van der Waals surface area contributed by atoms with Crippen LogP contribution in [-0.2, 0) is 14.3 Å². The fraction of sp³-hybridized carbons (Fsp3) is 0.897. The van der Waals surface area contributed by atoms with Crippen LogP contribution in [0.1, 0.15) is 92.4 Å². The third-order valence-electron chi connectivity index (χ3n) is 12.0. The number of piperidine rings is 1. The molecule has 0 amide bonds. The van der Waals surface area contributed by atoms with E-state index in [1.165, 1.54) is 44.9 Å². The molecule has 184 valence electrons. The summed E-state index contributed by atoms with van der Waals surface area (Å²) in [6, 6.07) is 0.630. The van der Waals surface area contributed by atoms with E-state index < -0.39 is 0 Å². The molecule has 33 heavy (non-hydrogen) atoms. The van der Waals surface area contributed by atoms with Gasteiger partial charge in [0.15, 0.2) is 0 Å². The number of esters is 1. The van der Waals surface area contributed by atoms with Gasteiger partial charge in [-0.3, -0.25) is 4.79 Å². The van der Waals surface area contributed by atoms with Gasteiger partial charge in [-0.15, -0.1) is 0 Å². The van der Waals surface area contributed by atoms with Gasteiger partial charge in [-0.1, -0.05) is 32.4 Å². The minimum absolute atomic E-state index is 0.0768. The van der Waals surface area contributed by atoms with Crippen LogP contribution in [0.5, 0.6) is 0 Å². The second kappa shape index (κ2) is 7.56. The van der Waals surface area contributed by atoms with Crippen molar-refractivity contribution in [2.24, 2.45) is 40.4 Å². The zero-order valence-corrected chi connectivity index (χ0v) is 21.5. The molecule has 4 heteroatoms. The summed E-state index contributed by atoms with van der Waals surface area (Å²) in [5.74, 6) is 3.62. The van der Waals surface area contributed by atoms with Gasteiger partial charge < -0.3 is 14.8 Å². The second-order valence-corrected chi connectivity index (χ2v) is 13.4. The maximum atomic E-state index is 11.5. The highest BCUT2D eigenvalue weighted by molar-refractivity contribution is 5.66. The van der Waals surface area contributed by atoms with E-state index in [1.54, 1.807) is 12.5 Å². The van der Waals surface area contributed by atoms with Crippen molar-refractivity contribution in [2.45, 2.75) is 116 Å². The maximum absolute atomic E-state index is 11.5. The smallest absolute Gasteiger partial charge is 0.302 e. The minimum atomic E-state index is -0.127. The number of ether oxygens (including phenoxy) is 2. The first-order valence-corrected chi connectivity index (χ1v) is 13.9. The van der Waals surface area contributed by atoms with Crippen molar-refractivity contribution in [3.63, 3.8) is 0 Å². The Bertz CT molecular complexity index is 844. The van der Waals surface area contributed by atoms with Crippen LogP contribution in [0, 0.1) is 40.4 Å². The van der Waals surface area contributed by atoms with Gasteiger partial charge >= 0.3 is 5.97 Å². The molecular formula is C29H45NO3. The summed E-state index contributed by atoms with van der Waals surface area (Å²) in [5.41, 5.74) is 2.39. The standard InChI is InChI=1S/C29H45NO3/c1-17-8-13-29(16-30-17)18(2)26-25(33-29)15-24-22-7-6-20-14-21(32-19(3)31)9-11-27(20,4)23(22)10-12-28(24,26)5/h6,17-18,21-26,30H,7-16H2,1-5H3. The average molecular weight is 456 g/mol. The van der Waals surface area contributed by atoms with Gasteiger partial charge in [-0.25, -0.2) is 0 Å². The van der Waals surface area contributed by atoms with E-state index in [1.807, 2.05) is 0 Å². The molecule has 1 N–H and O–H groups in total. The number of fused-ring (bicyclic) bond motifs is 7. The molecule has 2 aliphatic heterocycles. The Labute approximate surface area is 200 Å². The van der Waals surface area contributed by atoms with Crippen LogP contribution in [0.15, 0.2) is 11.6 Å². The van der Waals surface area contributed by atoms with E-state index in [-0.39, 0.29) is 17.7 Å². The van der Waals surface area contributed by atoms with Gasteiger partial charge in [0.25, 0.3) is 0 Å². The second-order valence-electron chi connectivity index (χ2n) is 13.4. The quantitative estimate of drug-likeness (QED) is 0.410. The predicted molar refractivity (Wildman–Crippen MR) is 130 cm³/mol. The molecule has 0 aromatic rings. The Morgan fingerprint density at radius 2 is 1.94 bits per heavy atom. The molecule has 5 fully saturated rings. The van der Waals surface area contributed by atoms with Gasteiger partial charge in [-0.05, 0) is 98.7 Å². The molecular weight excluding hydrogens is 410 g/mol. The lowest BCUT2D eigenvalue weighted by Gasteiger charge is -2.58. The van der Waals surface area contributed by atoms with Crippen LogP contribution in [0.3, 0.4) is 0 Å². The van der Waals surface area contributed by atoms with Crippen molar-refractivity contribution in [3.05, 3.63) is 11.6 Å². The first-order valence-electron chi connectivity index (χ1n) is 13.9. The van der Waals surface area contributed by atoms with Gasteiger partial charge in [-0.2, -0.15) is 0 Å². The fourth-order valence-corrected chi connectivity index (χ4v) is 10.2. The van der Waals surface area contributed by atoms with Crippen LogP contribution in [0.4, 0.5) is 0 Å². The summed E-state index contributed by atoms with van der Waals surface area (Å²) in [6.07, 6.45) is 14.0. The zero-order valence-electron chi connectivity index (χ0n) is 21.5. The molecule has 1 spiro atoms. The third kappa shape index (κ3) is 3.18. The molecule has 0 bridgehead atoms. The van der Waals surface area contributed by atoms with E-state index in [0.29, 0.717) is 28.9 Å². The van der Waals surface area contributed by atoms with Gasteiger partial charge in [0.1, 0.15) is 6.10 Å². The van der Waals surface area contributed by atoms with Crippen molar-refractivity contribution >= 4 is 5.97 Å². The minimum Gasteiger partial charge on any atom is -0.462 e. The summed E-state index contributed by atoms with van der Waals surface area (Å²) in [6.45, 7) is 12.6. The number of nitrogens with one attached hydrogen (secondary N) is 1. The largest absolute Gasteiger partial charge is 0.462 e. The highest BCUT2D eigenvalue weighted by atomic mass is 16.5. The number of hydrogen-bond acceptors (Lipinski definition) is 4. The van der Waals surface area contributed by atoms with Gasteiger partial charge in [0.2, 0.25) is 0 Å². The highest BCUT2D eigenvalue weighted by Crippen LogP contribution is 2.70. The number of carbonyl (C=O) groups is 1. The molecule has 6 aliphatic rings. The summed E-state index contributed by atoms with van der Waals surface area (Å²) < 4.78 is 12.7. The zero-order chi connectivity index (χ0) is 23.2. The Morgan fingerprint density at radius 3 is 2.67 bits per heavy atom. The molecule has 0 radical (unpaired) electrons. The van der Waals surface area contributed by atoms with Crippen molar-refractivity contribution in [3.8, 4) is 0 Å². The Hall–Kier alpha value is -0.870. The third-order valence-corrected chi connectivity index (χ3v) is 12.0. The predicted octanol–water partition coefficient (Wildman–Crippen LogP) is 5.65. The molecule has 2 saturated heterocycles. The number of carbonyl (C=O) groups excluding carboxylic acids is 1. The molecule has 0 aromatic carbocycles. The van der Waals surface area contributed by atoms with Crippen molar-refractivity contribution in [2.75, 3.05) is 6.54 Å². The molecule has 11 atom stereocenters. The molecule has 2 heterocycles. The molecule has 11 unspecified atom stereocenters. The SMILES string of the molecule is CC(=O)OC1CCC2(C)C(=CCC3C2CCC2(C)C3CC3OC4(CCC(C)NC4)C(C)C32)C1. The lowest BCUT2D eigenvalue weighted by molar-refractivity contribution is -0.148. The molecule has 3 saturated carbocycles. The van der Waals surface area contributed by atoms with Gasteiger partial charge in [0.05, 0.1) is 11.7 Å². The first-order chi connectivity index (χ1) is 15.7. The summed E-state index contributed by atoms with van der Waals surface area (Å²) >= 11 is 0. The highest BCUT2D eigenvalue weighted by Gasteiger charge is 2.68. The molecule has 0 aromatic heterocycles. The van der Waals surface area contributed by atoms with Crippen LogP contribution < -0.4 is 5.32 Å². The summed E-state index contributed by atoms with van der Waals surface area (Å²) in [7, 11) is 0. The van der Waals surface area contributed by atoms with E-state index in [0.717, 1.165) is 43.1 Å². The van der Waals surface area contributed by atoms with E-state index >= 15 is 0 Å². The Kier molecular flexibility index (Phi) is 5.18. The normalized spacial score (nSPS) is 55.2. The molecule has 6 rings (SSSR count). The van der Waals surface area contributed by atoms with Crippen LogP contribution >= 0.6 is 0 Å². The summed E-state index contributed by atoms with van der Waals surface area (Å²) in [4.78, 5) is 11.5. The van der Waals surface area contributed by atoms with Crippen molar-refractivity contribution in [1.29, 1.82) is 0 Å². The summed E-state index contributed by atoms with van der Waals surface area (Å²) in [5, 5.41) is 3.75. The fourth-order valence-electron chi connectivity index (χ4n) is 10.2. The molecule has 4 nitrogen and oxygen atoms in total. The first kappa shape index (κ1) is 22.6. The van der Waals surface area contributed by atoms with Crippen LogP contribution in [0.2, 0.25) is 0 Å². The topological polar surface area (TPSA) is 47.6 Å². The maximum Gasteiger partial charge on any atom is 0.302 e. The van der Waals surface area contributed by atoms with Crippen molar-refractivity contribution in [1.82, 2.24) is 5.32 Å². The lowest BCUT2D eigenvalue weighted by Crippen LogP contribution is -2.55. The molecule has 4 aliphatic carbocycles. The number of allylic oxidation sites excluding steroid dienone is 1. The van der Waals surface area contributed by atoms with E-state index in [4.69, 9.17) is 9.47 Å². The van der Waals surface area contributed by atoms with Crippen molar-refractivity contribution < 1.29 is 14.3 Å². The Balaban J connectivity index is 1.24. The Morgan fingerprint density at radius 1 is 1.12 bits per heavy atom. The van der Waals surface area contributed by atoms with E-state index in [9.17, 15) is 4.79 Å². The van der Waals surface area contributed by atoms with Crippen LogP contribution in [0.25, 0.3) is 0 Å². The average Bonchev–Trinajstić information content (AvgIpc) is 3.21. The number of rotatable bonds is 1. The van der Waals surface area contributed by atoms with Crippen LogP contribution in [-0.4, -0.2) is 36.4 Å². The number of hydrogen-bond donors (Lipinski definition) is 1. The van der Waals surface area contributed by atoms with E-state index in [2.05, 4.69) is 39.1 Å². The lowest BCUT2D eigenvalue weighted by atomic mass is 9.46.